The van der Waals surface area contributed by atoms with Gasteiger partial charge in [-0.1, -0.05) is 18.2 Å². The molecule has 2 aromatic rings. The first-order valence-corrected chi connectivity index (χ1v) is 7.97. The minimum absolute atomic E-state index is 0.0853. The minimum Gasteiger partial charge on any atom is -0.497 e. The van der Waals surface area contributed by atoms with Crippen molar-refractivity contribution >= 4 is 11.8 Å². The lowest BCUT2D eigenvalue weighted by atomic mass is 10.1. The highest BCUT2D eigenvalue weighted by atomic mass is 16.5. The SMILES string of the molecule is COc1cccc(OCCNC(=O)c2ccc(CNC(C)=O)cc2)c1. The number of methoxy groups -OCH3 is 1. The monoisotopic (exact) mass is 342 g/mol. The van der Waals surface area contributed by atoms with Gasteiger partial charge in [-0.2, -0.15) is 0 Å². The smallest absolute Gasteiger partial charge is 0.251 e. The molecule has 0 saturated heterocycles. The van der Waals surface area contributed by atoms with Gasteiger partial charge in [0.2, 0.25) is 5.91 Å². The second-order valence-electron chi connectivity index (χ2n) is 5.39. The van der Waals surface area contributed by atoms with Gasteiger partial charge in [0, 0.05) is 25.1 Å². The normalized spacial score (nSPS) is 10.0. The molecule has 0 aromatic heterocycles. The van der Waals surface area contributed by atoms with Crippen molar-refractivity contribution in [3.8, 4) is 11.5 Å². The predicted molar refractivity (Wildman–Crippen MR) is 94.8 cm³/mol. The van der Waals surface area contributed by atoms with Crippen molar-refractivity contribution in [1.29, 1.82) is 0 Å². The zero-order valence-corrected chi connectivity index (χ0v) is 14.4. The van der Waals surface area contributed by atoms with Crippen LogP contribution in [0, 0.1) is 0 Å². The van der Waals surface area contributed by atoms with Gasteiger partial charge in [0.1, 0.15) is 18.1 Å². The lowest BCUT2D eigenvalue weighted by molar-refractivity contribution is -0.119. The van der Waals surface area contributed by atoms with Crippen LogP contribution in [0.3, 0.4) is 0 Å². The maximum Gasteiger partial charge on any atom is 0.251 e. The third kappa shape index (κ3) is 6.18. The number of ether oxygens (including phenoxy) is 2. The van der Waals surface area contributed by atoms with E-state index < -0.39 is 0 Å². The van der Waals surface area contributed by atoms with Crippen molar-refractivity contribution in [2.75, 3.05) is 20.3 Å². The average molecular weight is 342 g/mol. The number of hydrogen-bond acceptors (Lipinski definition) is 4. The number of rotatable bonds is 8. The van der Waals surface area contributed by atoms with Crippen molar-refractivity contribution < 1.29 is 19.1 Å². The highest BCUT2D eigenvalue weighted by Crippen LogP contribution is 2.18. The molecule has 2 N–H and O–H groups in total. The third-order valence-electron chi connectivity index (χ3n) is 3.46. The molecule has 2 aromatic carbocycles. The van der Waals surface area contributed by atoms with Crippen molar-refractivity contribution in [3.63, 3.8) is 0 Å². The molecule has 2 amide bonds. The second kappa shape index (κ2) is 9.32. The summed E-state index contributed by atoms with van der Waals surface area (Å²) in [6.45, 7) is 2.67. The van der Waals surface area contributed by atoms with E-state index in [4.69, 9.17) is 9.47 Å². The van der Waals surface area contributed by atoms with Crippen LogP contribution < -0.4 is 20.1 Å². The molecule has 2 rings (SSSR count). The molecule has 6 heteroatoms. The van der Waals surface area contributed by atoms with E-state index in [-0.39, 0.29) is 11.8 Å². The molecule has 132 valence electrons. The lowest BCUT2D eigenvalue weighted by Gasteiger charge is -2.09. The molecule has 0 aliphatic heterocycles. The Morgan fingerprint density at radius 2 is 1.72 bits per heavy atom. The quantitative estimate of drug-likeness (QED) is 0.721. The summed E-state index contributed by atoms with van der Waals surface area (Å²) in [5.74, 6) is 1.16. The average Bonchev–Trinajstić information content (AvgIpc) is 2.64. The highest BCUT2D eigenvalue weighted by Gasteiger charge is 2.05. The van der Waals surface area contributed by atoms with Gasteiger partial charge in [-0.25, -0.2) is 0 Å². The van der Waals surface area contributed by atoms with Crippen LogP contribution in [-0.2, 0) is 11.3 Å². The first-order chi connectivity index (χ1) is 12.1. The summed E-state index contributed by atoms with van der Waals surface area (Å²) in [4.78, 5) is 23.0. The van der Waals surface area contributed by atoms with E-state index >= 15 is 0 Å². The summed E-state index contributed by atoms with van der Waals surface area (Å²) in [6.07, 6.45) is 0. The van der Waals surface area contributed by atoms with Crippen molar-refractivity contribution in [1.82, 2.24) is 10.6 Å². The van der Waals surface area contributed by atoms with E-state index in [0.717, 1.165) is 11.3 Å². The summed E-state index contributed by atoms with van der Waals surface area (Å²) in [5.41, 5.74) is 1.50. The number of hydrogen-bond donors (Lipinski definition) is 2. The van der Waals surface area contributed by atoms with Gasteiger partial charge in [0.05, 0.1) is 13.7 Å². The number of amides is 2. The molecule has 0 spiro atoms. The fourth-order valence-electron chi connectivity index (χ4n) is 2.13. The first-order valence-electron chi connectivity index (χ1n) is 7.97. The predicted octanol–water partition coefficient (Wildman–Crippen LogP) is 2.14. The lowest BCUT2D eigenvalue weighted by Crippen LogP contribution is -2.28. The number of carbonyl (C=O) groups excluding carboxylic acids is 2. The molecule has 0 aliphatic rings. The fraction of sp³-hybridized carbons (Fsp3) is 0.263. The summed E-state index contributed by atoms with van der Waals surface area (Å²) < 4.78 is 10.7. The zero-order chi connectivity index (χ0) is 18.1. The van der Waals surface area contributed by atoms with Gasteiger partial charge in [0.15, 0.2) is 0 Å². The minimum atomic E-state index is -0.166. The highest BCUT2D eigenvalue weighted by molar-refractivity contribution is 5.94. The molecule has 0 unspecified atom stereocenters. The van der Waals surface area contributed by atoms with E-state index in [0.29, 0.717) is 31.0 Å². The second-order valence-corrected chi connectivity index (χ2v) is 5.39. The topological polar surface area (TPSA) is 76.7 Å². The van der Waals surface area contributed by atoms with Crippen LogP contribution in [0.5, 0.6) is 11.5 Å². The molecule has 0 atom stereocenters. The van der Waals surface area contributed by atoms with Crippen molar-refractivity contribution in [2.24, 2.45) is 0 Å². The van der Waals surface area contributed by atoms with Gasteiger partial charge in [-0.3, -0.25) is 9.59 Å². The number of nitrogens with one attached hydrogen (secondary N) is 2. The molecule has 25 heavy (non-hydrogen) atoms. The van der Waals surface area contributed by atoms with Crippen LogP contribution in [-0.4, -0.2) is 32.1 Å². The Kier molecular flexibility index (Phi) is 6.83. The van der Waals surface area contributed by atoms with E-state index in [1.165, 1.54) is 6.92 Å². The van der Waals surface area contributed by atoms with Crippen LogP contribution in [0.4, 0.5) is 0 Å². The summed E-state index contributed by atoms with van der Waals surface area (Å²) >= 11 is 0. The molecule has 0 saturated carbocycles. The van der Waals surface area contributed by atoms with Crippen LogP contribution in [0.25, 0.3) is 0 Å². The summed E-state index contributed by atoms with van der Waals surface area (Å²) in [6, 6.07) is 14.4. The molecule has 0 bridgehead atoms. The number of carbonyl (C=O) groups is 2. The molecule has 0 heterocycles. The van der Waals surface area contributed by atoms with E-state index in [1.807, 2.05) is 30.3 Å². The zero-order valence-electron chi connectivity index (χ0n) is 14.4. The molecule has 0 aliphatic carbocycles. The Morgan fingerprint density at radius 1 is 1.00 bits per heavy atom. The van der Waals surface area contributed by atoms with Gasteiger partial charge >= 0.3 is 0 Å². The van der Waals surface area contributed by atoms with Gasteiger partial charge in [-0.05, 0) is 29.8 Å². The molecule has 0 radical (unpaired) electrons. The molecule has 0 fully saturated rings. The van der Waals surface area contributed by atoms with Gasteiger partial charge < -0.3 is 20.1 Å². The number of benzene rings is 2. The summed E-state index contributed by atoms with van der Waals surface area (Å²) in [5, 5.41) is 5.51. The van der Waals surface area contributed by atoms with E-state index in [9.17, 15) is 9.59 Å². The largest absolute Gasteiger partial charge is 0.497 e. The third-order valence-corrected chi connectivity index (χ3v) is 3.46. The van der Waals surface area contributed by atoms with Crippen LogP contribution in [0.1, 0.15) is 22.8 Å². The van der Waals surface area contributed by atoms with Crippen LogP contribution in [0.15, 0.2) is 48.5 Å². The Morgan fingerprint density at radius 3 is 2.40 bits per heavy atom. The Hall–Kier alpha value is -3.02. The first kappa shape index (κ1) is 18.3. The maximum absolute atomic E-state index is 12.1. The van der Waals surface area contributed by atoms with Crippen molar-refractivity contribution in [2.45, 2.75) is 13.5 Å². The molecular formula is C19H22N2O4. The Labute approximate surface area is 147 Å². The van der Waals surface area contributed by atoms with Gasteiger partial charge in [-0.15, -0.1) is 0 Å². The van der Waals surface area contributed by atoms with Crippen LogP contribution >= 0.6 is 0 Å². The maximum atomic E-state index is 12.1. The Balaban J connectivity index is 1.75. The Bertz CT molecular complexity index is 714. The summed E-state index contributed by atoms with van der Waals surface area (Å²) in [7, 11) is 1.60. The van der Waals surface area contributed by atoms with Crippen molar-refractivity contribution in [3.05, 3.63) is 59.7 Å². The molecule has 6 nitrogen and oxygen atoms in total. The van der Waals surface area contributed by atoms with Gasteiger partial charge in [0.25, 0.3) is 5.91 Å². The fourth-order valence-corrected chi connectivity index (χ4v) is 2.13. The van der Waals surface area contributed by atoms with E-state index in [1.54, 1.807) is 25.3 Å². The van der Waals surface area contributed by atoms with Crippen LogP contribution in [0.2, 0.25) is 0 Å². The molecular weight excluding hydrogens is 320 g/mol. The van der Waals surface area contributed by atoms with E-state index in [2.05, 4.69) is 10.6 Å². The standard InChI is InChI=1S/C19H22N2O4/c1-14(22)21-13-15-6-8-16(9-7-15)19(23)20-10-11-25-18-5-3-4-17(12-18)24-2/h3-9,12H,10-11,13H2,1-2H3,(H,20,23)(H,21,22).